The fraction of sp³-hybridized carbons (Fsp3) is 0.905. The summed E-state index contributed by atoms with van der Waals surface area (Å²) in [6.45, 7) is 1.81. The highest BCUT2D eigenvalue weighted by atomic mass is 16.8. The van der Waals surface area contributed by atoms with E-state index in [0.717, 1.165) is 0 Å². The summed E-state index contributed by atoms with van der Waals surface area (Å²) in [5.41, 5.74) is 0. The van der Waals surface area contributed by atoms with Gasteiger partial charge in [-0.05, 0) is 20.4 Å². The van der Waals surface area contributed by atoms with Crippen LogP contribution in [0.3, 0.4) is 0 Å². The Labute approximate surface area is 208 Å². The molecule has 10 N–H and O–H groups in total. The zero-order valence-corrected chi connectivity index (χ0v) is 20.5. The van der Waals surface area contributed by atoms with Gasteiger partial charge in [0.15, 0.2) is 0 Å². The number of methoxy groups -OCH3 is 1. The molecule has 0 aromatic heterocycles. The standard InChI is InChI=1S/C20H38N2O12.CH2O/c1-8(25)9-4-10(26)14(22-9)18(30)16(28)13(7-24)33-20(31)5-11(27)15(21-2)19(34-20)17(29)12(6-23)32-3;1-2/h9-19,21-24,26-31H,4-7H2,1-3H3;1H2/t9?,10?,11?,12-,13-,14?,15?,16-,17-,18?,19?,20?;/m1./s1. The van der Waals surface area contributed by atoms with Crippen molar-refractivity contribution in [1.82, 2.24) is 10.6 Å². The first-order chi connectivity index (χ1) is 16.9. The molecule has 15 heteroatoms. The van der Waals surface area contributed by atoms with E-state index in [4.69, 9.17) is 19.0 Å². The van der Waals surface area contributed by atoms with Gasteiger partial charge in [0.2, 0.25) is 0 Å². The predicted octanol–water partition coefficient (Wildman–Crippen LogP) is -5.67. The fourth-order valence-electron chi connectivity index (χ4n) is 4.49. The maximum atomic E-state index is 11.6. The van der Waals surface area contributed by atoms with Crippen LogP contribution in [-0.4, -0.2) is 154 Å². The minimum Gasteiger partial charge on any atom is -0.394 e. The summed E-state index contributed by atoms with van der Waals surface area (Å²) >= 11 is 0. The molecule has 2 rings (SSSR count). The molecular weight excluding hydrogens is 488 g/mol. The van der Waals surface area contributed by atoms with E-state index in [9.17, 15) is 45.6 Å². The predicted molar refractivity (Wildman–Crippen MR) is 120 cm³/mol. The van der Waals surface area contributed by atoms with Crippen molar-refractivity contribution in [2.75, 3.05) is 27.4 Å². The maximum absolute atomic E-state index is 11.6. The van der Waals surface area contributed by atoms with E-state index < -0.39 is 92.6 Å². The average Bonchev–Trinajstić information content (AvgIpc) is 3.25. The topological polar surface area (TPSA) is 248 Å². The number of ketones is 1. The van der Waals surface area contributed by atoms with E-state index in [1.54, 1.807) is 0 Å². The minimum absolute atomic E-state index is 0.0180. The smallest absolute Gasteiger partial charge is 0.283 e. The van der Waals surface area contributed by atoms with Gasteiger partial charge in [-0.1, -0.05) is 0 Å². The number of aliphatic hydroxyl groups is 8. The number of ether oxygens (including phenoxy) is 3. The monoisotopic (exact) mass is 528 g/mol. The van der Waals surface area contributed by atoms with Crippen LogP contribution in [0, 0.1) is 0 Å². The third-order valence-corrected chi connectivity index (χ3v) is 6.48. The largest absolute Gasteiger partial charge is 0.394 e. The molecule has 2 aliphatic rings. The molecule has 0 spiro atoms. The van der Waals surface area contributed by atoms with Gasteiger partial charge in [0.05, 0.1) is 50.0 Å². The summed E-state index contributed by atoms with van der Waals surface area (Å²) in [5, 5.41) is 88.0. The first kappa shape index (κ1) is 32.8. The van der Waals surface area contributed by atoms with Crippen LogP contribution in [-0.2, 0) is 23.8 Å². The van der Waals surface area contributed by atoms with Gasteiger partial charge in [0, 0.05) is 7.11 Å². The lowest BCUT2D eigenvalue weighted by Crippen LogP contribution is -2.66. The Morgan fingerprint density at radius 2 is 1.72 bits per heavy atom. The van der Waals surface area contributed by atoms with Crippen LogP contribution in [0.25, 0.3) is 0 Å². The zero-order valence-electron chi connectivity index (χ0n) is 20.5. The van der Waals surface area contributed by atoms with E-state index in [1.807, 2.05) is 6.79 Å². The van der Waals surface area contributed by atoms with Crippen LogP contribution in [0.15, 0.2) is 0 Å². The molecule has 2 heterocycles. The molecule has 15 nitrogen and oxygen atoms in total. The number of aliphatic hydroxyl groups excluding tert-OH is 7. The third-order valence-electron chi connectivity index (χ3n) is 6.48. The molecule has 12 atom stereocenters. The Bertz CT molecular complexity index is 672. The second-order valence-corrected chi connectivity index (χ2v) is 8.81. The average molecular weight is 529 g/mol. The summed E-state index contributed by atoms with van der Waals surface area (Å²) in [7, 11) is 2.72. The molecule has 212 valence electrons. The first-order valence-corrected chi connectivity index (χ1v) is 11.4. The molecule has 0 radical (unpaired) electrons. The summed E-state index contributed by atoms with van der Waals surface area (Å²) in [6.07, 6.45) is -12.3. The Hall–Kier alpha value is -1.18. The molecule has 36 heavy (non-hydrogen) atoms. The molecule has 0 aromatic carbocycles. The highest BCUT2D eigenvalue weighted by Gasteiger charge is 2.52. The van der Waals surface area contributed by atoms with Crippen LogP contribution in [0.1, 0.15) is 19.8 Å². The van der Waals surface area contributed by atoms with Crippen molar-refractivity contribution in [3.05, 3.63) is 0 Å². The van der Waals surface area contributed by atoms with Crippen LogP contribution >= 0.6 is 0 Å². The number of hydrogen-bond donors (Lipinski definition) is 10. The number of likely N-dealkylation sites (N-methyl/N-ethyl adjacent to an activating group) is 1. The molecule has 0 amide bonds. The number of hydrogen-bond acceptors (Lipinski definition) is 15. The van der Waals surface area contributed by atoms with Crippen molar-refractivity contribution < 1.29 is 64.7 Å². The van der Waals surface area contributed by atoms with E-state index in [-0.39, 0.29) is 12.2 Å². The molecule has 0 aromatic rings. The lowest BCUT2D eigenvalue weighted by atomic mass is 9.91. The summed E-state index contributed by atoms with van der Waals surface area (Å²) < 4.78 is 15.9. The number of Topliss-reactive ketones (excluding diaryl/α,β-unsaturated/α-hetero) is 1. The molecule has 2 fully saturated rings. The van der Waals surface area contributed by atoms with Crippen LogP contribution in [0.2, 0.25) is 0 Å². The number of carbonyl (C=O) groups excluding carboxylic acids is 2. The highest BCUT2D eigenvalue weighted by molar-refractivity contribution is 5.81. The SMILES string of the molecule is C=O.CNC1C(O)CC(O)(O[C@H](CO)[C@@H](O)C(O)C2NC(C(C)=O)CC2O)OC1[C@H](O)[C@@H](CO)OC. The van der Waals surface area contributed by atoms with E-state index in [2.05, 4.69) is 10.6 Å². The van der Waals surface area contributed by atoms with Gasteiger partial charge < -0.3 is 65.2 Å². The molecule has 2 saturated heterocycles. The minimum atomic E-state index is -2.62. The molecule has 8 unspecified atom stereocenters. The van der Waals surface area contributed by atoms with Gasteiger partial charge in [-0.3, -0.25) is 10.1 Å². The summed E-state index contributed by atoms with van der Waals surface area (Å²) in [5.74, 6) is -2.89. The second-order valence-electron chi connectivity index (χ2n) is 8.81. The molecular formula is C21H40N2O13. The van der Waals surface area contributed by atoms with Crippen molar-refractivity contribution in [2.45, 2.75) is 92.7 Å². The number of carbonyl (C=O) groups is 2. The molecule has 0 bridgehead atoms. The molecule has 0 saturated carbocycles. The summed E-state index contributed by atoms with van der Waals surface area (Å²) in [4.78, 5) is 19.6. The van der Waals surface area contributed by atoms with Crippen molar-refractivity contribution in [3.63, 3.8) is 0 Å². The van der Waals surface area contributed by atoms with E-state index in [1.165, 1.54) is 21.1 Å². The third kappa shape index (κ3) is 7.67. The van der Waals surface area contributed by atoms with E-state index >= 15 is 0 Å². The van der Waals surface area contributed by atoms with Crippen molar-refractivity contribution in [3.8, 4) is 0 Å². The second kappa shape index (κ2) is 14.7. The van der Waals surface area contributed by atoms with Crippen molar-refractivity contribution >= 4 is 12.6 Å². The highest BCUT2D eigenvalue weighted by Crippen LogP contribution is 2.33. The molecule has 0 aliphatic carbocycles. The Kier molecular flexibility index (Phi) is 13.4. The van der Waals surface area contributed by atoms with Gasteiger partial charge in [0.1, 0.15) is 49.2 Å². The number of rotatable bonds is 12. The lowest BCUT2D eigenvalue weighted by molar-refractivity contribution is -0.430. The van der Waals surface area contributed by atoms with Crippen molar-refractivity contribution in [1.29, 1.82) is 0 Å². The number of nitrogens with one attached hydrogen (secondary N) is 2. The van der Waals surface area contributed by atoms with E-state index in [0.29, 0.717) is 0 Å². The lowest BCUT2D eigenvalue weighted by Gasteiger charge is -2.47. The normalized spacial score (nSPS) is 36.8. The molecule has 2 aliphatic heterocycles. The fourth-order valence-corrected chi connectivity index (χ4v) is 4.49. The van der Waals surface area contributed by atoms with Crippen LogP contribution in [0.4, 0.5) is 0 Å². The summed E-state index contributed by atoms with van der Waals surface area (Å²) in [6, 6.07) is -2.76. The van der Waals surface area contributed by atoms with Gasteiger partial charge in [0.25, 0.3) is 5.97 Å². The van der Waals surface area contributed by atoms with Crippen LogP contribution in [0.5, 0.6) is 0 Å². The van der Waals surface area contributed by atoms with Gasteiger partial charge >= 0.3 is 0 Å². The Morgan fingerprint density at radius 3 is 2.17 bits per heavy atom. The Morgan fingerprint density at radius 1 is 1.14 bits per heavy atom. The van der Waals surface area contributed by atoms with Gasteiger partial charge in [-0.25, -0.2) is 0 Å². The van der Waals surface area contributed by atoms with Gasteiger partial charge in [-0.15, -0.1) is 0 Å². The van der Waals surface area contributed by atoms with Crippen molar-refractivity contribution in [2.24, 2.45) is 0 Å². The zero-order chi connectivity index (χ0) is 27.8. The first-order valence-electron chi connectivity index (χ1n) is 11.4. The van der Waals surface area contributed by atoms with Gasteiger partial charge in [-0.2, -0.15) is 0 Å². The maximum Gasteiger partial charge on any atom is 0.283 e. The van der Waals surface area contributed by atoms with Crippen LogP contribution < -0.4 is 10.6 Å². The Balaban J connectivity index is 0.00000316. The quantitative estimate of drug-likeness (QED) is 0.106.